The molecule has 11 nitrogen and oxygen atoms in total. The minimum Gasteiger partial charge on any atom is -0.493 e. The quantitative estimate of drug-likeness (QED) is 0.0985. The van der Waals surface area contributed by atoms with Gasteiger partial charge in [0.15, 0.2) is 28.2 Å². The Bertz CT molecular complexity index is 1700. The summed E-state index contributed by atoms with van der Waals surface area (Å²) in [6.45, 7) is 0.592. The highest BCUT2D eigenvalue weighted by Gasteiger charge is 2.35. The van der Waals surface area contributed by atoms with E-state index in [4.69, 9.17) is 30.1 Å². The number of ether oxygens (including phenoxy) is 4. The number of aromatic amines is 1. The zero-order valence-electron chi connectivity index (χ0n) is 22.5. The van der Waals surface area contributed by atoms with Gasteiger partial charge >= 0.3 is 0 Å². The summed E-state index contributed by atoms with van der Waals surface area (Å²) in [5.41, 5.74) is 8.69. The Morgan fingerprint density at radius 1 is 0.875 bits per heavy atom. The van der Waals surface area contributed by atoms with E-state index in [1.165, 1.54) is 18.9 Å². The second-order valence-electron chi connectivity index (χ2n) is 9.02. The summed E-state index contributed by atoms with van der Waals surface area (Å²) >= 11 is 1.27. The highest BCUT2D eigenvalue weighted by Crippen LogP contribution is 2.43. The lowest BCUT2D eigenvalue weighted by Gasteiger charge is -2.10. The summed E-state index contributed by atoms with van der Waals surface area (Å²) in [5, 5.41) is 11.4. The number of rotatable bonds is 10. The number of aromatic nitrogens is 2. The molecule has 0 saturated carbocycles. The molecule has 0 bridgehead atoms. The van der Waals surface area contributed by atoms with E-state index in [9.17, 15) is 9.59 Å². The summed E-state index contributed by atoms with van der Waals surface area (Å²) in [5.74, 6) is 1.75. The maximum Gasteiger partial charge on any atom is 0.259 e. The van der Waals surface area contributed by atoms with E-state index in [0.717, 1.165) is 22.8 Å². The van der Waals surface area contributed by atoms with E-state index in [1.807, 2.05) is 22.9 Å². The van der Waals surface area contributed by atoms with Gasteiger partial charge in [-0.1, -0.05) is 11.8 Å². The molecule has 208 valence electrons. The topological polar surface area (TPSA) is 154 Å². The molecule has 0 unspecified atom stereocenters. The first-order chi connectivity index (χ1) is 19.3. The Morgan fingerprint density at radius 2 is 1.45 bits per heavy atom. The molecule has 1 aliphatic heterocycles. The average Bonchev–Trinajstić information content (AvgIpc) is 3.60. The van der Waals surface area contributed by atoms with Crippen molar-refractivity contribution in [3.63, 3.8) is 0 Å². The fraction of sp³-hybridized carbons (Fsp3) is 0.250. The molecule has 0 spiro atoms. The van der Waals surface area contributed by atoms with Gasteiger partial charge in [-0.25, -0.2) is 0 Å². The molecule has 0 fully saturated rings. The van der Waals surface area contributed by atoms with Crippen LogP contribution in [-0.2, 0) is 16.1 Å². The molecule has 2 amide bonds. The summed E-state index contributed by atoms with van der Waals surface area (Å²) in [4.78, 5) is 29.8. The molecule has 0 atom stereocenters. The van der Waals surface area contributed by atoms with Gasteiger partial charge < -0.3 is 34.2 Å². The largest absolute Gasteiger partial charge is 0.493 e. The molecule has 2 aromatic carbocycles. The number of nitrogens with one attached hydrogen (secondary N) is 3. The van der Waals surface area contributed by atoms with E-state index >= 15 is 0 Å². The normalized spacial score (nSPS) is 13.3. The number of aryl methyl sites for hydroxylation is 1. The van der Waals surface area contributed by atoms with Gasteiger partial charge in [-0.15, -0.1) is 0 Å². The molecule has 0 saturated heterocycles. The molecule has 40 heavy (non-hydrogen) atoms. The number of amides is 2. The Labute approximate surface area is 234 Å². The maximum atomic E-state index is 13.4. The van der Waals surface area contributed by atoms with E-state index in [2.05, 4.69) is 10.3 Å². The molecule has 12 heteroatoms. The monoisotopic (exact) mass is 563 g/mol. The summed E-state index contributed by atoms with van der Waals surface area (Å²) in [6.07, 6.45) is 4.30. The lowest BCUT2D eigenvalue weighted by molar-refractivity contribution is -0.122. The van der Waals surface area contributed by atoms with E-state index in [-0.39, 0.29) is 16.3 Å². The predicted molar refractivity (Wildman–Crippen MR) is 155 cm³/mol. The zero-order valence-corrected chi connectivity index (χ0v) is 23.3. The lowest BCUT2D eigenvalue weighted by atomic mass is 9.95. The first kappa shape index (κ1) is 27.0. The van der Waals surface area contributed by atoms with Crippen LogP contribution in [0.2, 0.25) is 0 Å². The molecule has 4 aromatic rings. The number of carbonyl (C=O) groups is 2. The number of hydrogen-bond acceptors (Lipinski definition) is 8. The number of fused-ring (bicyclic) bond motifs is 2. The average molecular weight is 564 g/mol. The van der Waals surface area contributed by atoms with Gasteiger partial charge in [0.25, 0.3) is 11.8 Å². The number of nitrogens with zero attached hydrogens (tertiary/aromatic N) is 1. The van der Waals surface area contributed by atoms with Crippen LogP contribution in [-0.4, -0.2) is 60.7 Å². The van der Waals surface area contributed by atoms with Gasteiger partial charge in [-0.2, -0.15) is 0 Å². The number of imide groups is 1. The number of carbonyl (C=O) groups excluding carboxylic acids is 2. The van der Waals surface area contributed by atoms with Crippen LogP contribution in [0.5, 0.6) is 23.0 Å². The van der Waals surface area contributed by atoms with Crippen LogP contribution in [0.15, 0.2) is 36.7 Å². The van der Waals surface area contributed by atoms with Gasteiger partial charge in [0.1, 0.15) is 0 Å². The Hall–Kier alpha value is -4.58. The Kier molecular flexibility index (Phi) is 7.35. The fourth-order valence-electron chi connectivity index (χ4n) is 5.04. The van der Waals surface area contributed by atoms with Crippen molar-refractivity contribution in [2.45, 2.75) is 13.0 Å². The van der Waals surface area contributed by atoms with Gasteiger partial charge in [0.2, 0.25) is 0 Å². The number of amidine groups is 1. The summed E-state index contributed by atoms with van der Waals surface area (Å²) < 4.78 is 24.0. The van der Waals surface area contributed by atoms with Crippen molar-refractivity contribution >= 4 is 61.7 Å². The number of nitrogens with two attached hydrogens (primary N) is 1. The van der Waals surface area contributed by atoms with Crippen molar-refractivity contribution in [3.05, 3.63) is 47.8 Å². The third-order valence-electron chi connectivity index (χ3n) is 6.84. The van der Waals surface area contributed by atoms with Crippen LogP contribution in [0.4, 0.5) is 0 Å². The van der Waals surface area contributed by atoms with Crippen LogP contribution in [0, 0.1) is 5.41 Å². The molecule has 1 aliphatic rings. The number of hydrogen-bond donors (Lipinski definition) is 4. The van der Waals surface area contributed by atoms with Crippen LogP contribution in [0.25, 0.3) is 33.0 Å². The van der Waals surface area contributed by atoms with Crippen molar-refractivity contribution in [3.8, 4) is 23.0 Å². The van der Waals surface area contributed by atoms with Crippen molar-refractivity contribution in [1.29, 1.82) is 5.41 Å². The highest BCUT2D eigenvalue weighted by molar-refractivity contribution is 8.13. The number of methoxy groups -OCH3 is 4. The fourth-order valence-corrected chi connectivity index (χ4v) is 5.54. The Balaban J connectivity index is 1.73. The minimum absolute atomic E-state index is 0.0633. The van der Waals surface area contributed by atoms with Gasteiger partial charge in [0, 0.05) is 64.2 Å². The number of benzene rings is 2. The molecular formula is C28H29N5O6S. The van der Waals surface area contributed by atoms with Gasteiger partial charge in [-0.05, 0) is 18.6 Å². The third kappa shape index (κ3) is 4.60. The SMILES string of the molecule is COc1cc2[nH]cc(C3=C(c4cn(CCCSC(=N)N)c5cc(OC)c(OC)cc45)C(=O)NC3=O)c2cc1OC. The lowest BCUT2D eigenvalue weighted by Crippen LogP contribution is -2.22. The van der Waals surface area contributed by atoms with Gasteiger partial charge in [-0.3, -0.25) is 20.3 Å². The third-order valence-corrected chi connectivity index (χ3v) is 7.65. The van der Waals surface area contributed by atoms with Crippen molar-refractivity contribution in [2.24, 2.45) is 5.73 Å². The molecule has 3 heterocycles. The molecule has 5 N–H and O–H groups in total. The summed E-state index contributed by atoms with van der Waals surface area (Å²) in [7, 11) is 6.20. The predicted octanol–water partition coefficient (Wildman–Crippen LogP) is 3.74. The van der Waals surface area contributed by atoms with E-state index in [0.29, 0.717) is 51.8 Å². The van der Waals surface area contributed by atoms with Crippen molar-refractivity contribution < 1.29 is 28.5 Å². The smallest absolute Gasteiger partial charge is 0.259 e. The summed E-state index contributed by atoms with van der Waals surface area (Å²) in [6, 6.07) is 7.24. The zero-order chi connectivity index (χ0) is 28.6. The highest BCUT2D eigenvalue weighted by atomic mass is 32.2. The van der Waals surface area contributed by atoms with Crippen molar-refractivity contribution in [2.75, 3.05) is 34.2 Å². The Morgan fingerprint density at radius 3 is 2.08 bits per heavy atom. The van der Waals surface area contributed by atoms with E-state index in [1.54, 1.807) is 39.7 Å². The second kappa shape index (κ2) is 10.9. The minimum atomic E-state index is -0.491. The first-order valence-corrected chi connectivity index (χ1v) is 13.3. The van der Waals surface area contributed by atoms with Crippen molar-refractivity contribution in [1.82, 2.24) is 14.9 Å². The molecule has 5 rings (SSSR count). The van der Waals surface area contributed by atoms with Crippen LogP contribution in [0.3, 0.4) is 0 Å². The molecule has 0 radical (unpaired) electrons. The van der Waals surface area contributed by atoms with Crippen LogP contribution in [0.1, 0.15) is 17.5 Å². The maximum absolute atomic E-state index is 13.4. The molecule has 2 aromatic heterocycles. The van der Waals surface area contributed by atoms with Crippen LogP contribution >= 0.6 is 11.8 Å². The standard InChI is InChI=1S/C28H29N5O6S/c1-36-20-8-14-16(12-31-18(14)10-22(20)38-3)24-25(27(35)32-26(24)34)17-13-33(6-5-7-40-28(29)30)19-11-23(39-4)21(37-2)9-15(17)19/h8-13,31H,5-7H2,1-4H3,(H3,29,30)(H,32,34,35). The van der Waals surface area contributed by atoms with Crippen LogP contribution < -0.4 is 30.0 Å². The van der Waals surface area contributed by atoms with Gasteiger partial charge in [0.05, 0.1) is 45.1 Å². The second-order valence-corrected chi connectivity index (χ2v) is 10.2. The molecule has 0 aliphatic carbocycles. The van der Waals surface area contributed by atoms with E-state index < -0.39 is 11.8 Å². The number of thioether (sulfide) groups is 1. The first-order valence-electron chi connectivity index (χ1n) is 12.4. The molecular weight excluding hydrogens is 534 g/mol. The number of H-pyrrole nitrogens is 1.